The summed E-state index contributed by atoms with van der Waals surface area (Å²) in [7, 11) is 0. The molecule has 4 aromatic rings. The van der Waals surface area contributed by atoms with Crippen LogP contribution in [0.3, 0.4) is 0 Å². The van der Waals surface area contributed by atoms with Gasteiger partial charge in [0.2, 0.25) is 0 Å². The standard InChI is InChI=1S/C22H14N2O2S2/c1-2-12-7-3-6-10-16(12)27-17-11-15-18(20-19(17)23-28-24-20)22(26)14-9-5-4-8-13(14)21(15)25/h3-11H,2H2,1H3. The summed E-state index contributed by atoms with van der Waals surface area (Å²) >= 11 is 2.64. The van der Waals surface area contributed by atoms with Crippen molar-refractivity contribution in [2.75, 3.05) is 0 Å². The lowest BCUT2D eigenvalue weighted by atomic mass is 9.83. The van der Waals surface area contributed by atoms with Crippen molar-refractivity contribution < 1.29 is 9.59 Å². The van der Waals surface area contributed by atoms with Gasteiger partial charge in [-0.15, -0.1) is 0 Å². The quantitative estimate of drug-likeness (QED) is 0.416. The molecule has 0 unspecified atom stereocenters. The number of ketones is 2. The fraction of sp³-hybridized carbons (Fsp3) is 0.0909. The van der Waals surface area contributed by atoms with Gasteiger partial charge in [0.15, 0.2) is 11.6 Å². The Morgan fingerprint density at radius 3 is 2.29 bits per heavy atom. The monoisotopic (exact) mass is 402 g/mol. The smallest absolute Gasteiger partial charge is 0.196 e. The second-order valence-electron chi connectivity index (χ2n) is 6.53. The minimum absolute atomic E-state index is 0.134. The Hall–Kier alpha value is -2.83. The Morgan fingerprint density at radius 2 is 1.50 bits per heavy atom. The topological polar surface area (TPSA) is 59.9 Å². The van der Waals surface area contributed by atoms with Crippen LogP contribution in [-0.2, 0) is 6.42 Å². The molecule has 0 bridgehead atoms. The van der Waals surface area contributed by atoms with Crippen molar-refractivity contribution in [2.45, 2.75) is 23.1 Å². The van der Waals surface area contributed by atoms with Gasteiger partial charge in [0.1, 0.15) is 11.0 Å². The van der Waals surface area contributed by atoms with Crippen LogP contribution in [0.25, 0.3) is 11.0 Å². The first-order valence-corrected chi connectivity index (χ1v) is 10.5. The summed E-state index contributed by atoms with van der Waals surface area (Å²) in [4.78, 5) is 28.2. The third-order valence-electron chi connectivity index (χ3n) is 4.96. The molecule has 0 spiro atoms. The molecule has 1 heterocycles. The second kappa shape index (κ2) is 6.65. The third kappa shape index (κ3) is 2.52. The van der Waals surface area contributed by atoms with E-state index in [1.54, 1.807) is 36.0 Å². The lowest BCUT2D eigenvalue weighted by molar-refractivity contribution is 0.0980. The van der Waals surface area contributed by atoms with Crippen LogP contribution in [0.1, 0.15) is 44.3 Å². The Kier molecular flexibility index (Phi) is 4.10. The lowest BCUT2D eigenvalue weighted by Gasteiger charge is -2.18. The predicted molar refractivity (Wildman–Crippen MR) is 111 cm³/mol. The van der Waals surface area contributed by atoms with Crippen LogP contribution in [0.4, 0.5) is 0 Å². The number of hydrogen-bond donors (Lipinski definition) is 0. The Bertz CT molecular complexity index is 1280. The van der Waals surface area contributed by atoms with E-state index < -0.39 is 0 Å². The molecule has 0 saturated heterocycles. The summed E-state index contributed by atoms with van der Waals surface area (Å²) < 4.78 is 8.82. The number of fused-ring (bicyclic) bond motifs is 4. The molecule has 136 valence electrons. The van der Waals surface area contributed by atoms with Crippen LogP contribution in [0, 0.1) is 0 Å². The molecule has 3 aromatic carbocycles. The molecule has 0 radical (unpaired) electrons. The van der Waals surface area contributed by atoms with E-state index in [0.29, 0.717) is 33.3 Å². The largest absolute Gasteiger partial charge is 0.289 e. The van der Waals surface area contributed by atoms with Crippen molar-refractivity contribution in [3.8, 4) is 0 Å². The average molecular weight is 403 g/mol. The normalized spacial score (nSPS) is 12.9. The van der Waals surface area contributed by atoms with Gasteiger partial charge < -0.3 is 0 Å². The van der Waals surface area contributed by atoms with E-state index >= 15 is 0 Å². The molecule has 1 aromatic heterocycles. The highest BCUT2D eigenvalue weighted by Crippen LogP contribution is 2.40. The van der Waals surface area contributed by atoms with Crippen molar-refractivity contribution in [1.29, 1.82) is 0 Å². The molecule has 0 fully saturated rings. The van der Waals surface area contributed by atoms with E-state index in [0.717, 1.165) is 27.9 Å². The fourth-order valence-electron chi connectivity index (χ4n) is 3.57. The van der Waals surface area contributed by atoms with Crippen LogP contribution >= 0.6 is 23.5 Å². The van der Waals surface area contributed by atoms with E-state index in [-0.39, 0.29) is 11.6 Å². The molecule has 0 aliphatic heterocycles. The molecular weight excluding hydrogens is 388 g/mol. The van der Waals surface area contributed by atoms with Crippen LogP contribution in [0.2, 0.25) is 0 Å². The van der Waals surface area contributed by atoms with Gasteiger partial charge >= 0.3 is 0 Å². The zero-order valence-corrected chi connectivity index (χ0v) is 16.6. The predicted octanol–water partition coefficient (Wildman–Crippen LogP) is 5.18. The van der Waals surface area contributed by atoms with Gasteiger partial charge in [-0.25, -0.2) is 0 Å². The van der Waals surface area contributed by atoms with E-state index in [9.17, 15) is 9.59 Å². The molecule has 0 N–H and O–H groups in total. The Balaban J connectivity index is 1.73. The van der Waals surface area contributed by atoms with Crippen molar-refractivity contribution in [3.05, 3.63) is 82.4 Å². The van der Waals surface area contributed by atoms with Crippen LogP contribution in [0.15, 0.2) is 64.4 Å². The summed E-state index contributed by atoms with van der Waals surface area (Å²) in [5, 5.41) is 0. The van der Waals surface area contributed by atoms with E-state index in [1.165, 1.54) is 5.56 Å². The molecule has 1 aliphatic rings. The molecule has 0 amide bonds. The third-order valence-corrected chi connectivity index (χ3v) is 6.64. The summed E-state index contributed by atoms with van der Waals surface area (Å²) in [6.45, 7) is 2.12. The van der Waals surface area contributed by atoms with E-state index in [4.69, 9.17) is 0 Å². The van der Waals surface area contributed by atoms with E-state index in [2.05, 4.69) is 27.8 Å². The molecule has 0 saturated carbocycles. The first-order chi connectivity index (χ1) is 13.7. The van der Waals surface area contributed by atoms with Crippen molar-refractivity contribution in [3.63, 3.8) is 0 Å². The van der Waals surface area contributed by atoms with E-state index in [1.807, 2.05) is 18.2 Å². The summed E-state index contributed by atoms with van der Waals surface area (Å²) in [6.07, 6.45) is 0.914. The van der Waals surface area contributed by atoms with Crippen LogP contribution in [-0.4, -0.2) is 20.3 Å². The van der Waals surface area contributed by atoms with Crippen molar-refractivity contribution in [1.82, 2.24) is 8.75 Å². The van der Waals surface area contributed by atoms with Gasteiger partial charge in [-0.3, -0.25) is 9.59 Å². The first kappa shape index (κ1) is 17.3. The highest BCUT2D eigenvalue weighted by molar-refractivity contribution is 7.99. The van der Waals surface area contributed by atoms with Gasteiger partial charge in [0.25, 0.3) is 0 Å². The fourth-order valence-corrected chi connectivity index (χ4v) is 5.34. The number of hydrogen-bond acceptors (Lipinski definition) is 6. The van der Waals surface area contributed by atoms with Gasteiger partial charge in [-0.2, -0.15) is 8.75 Å². The van der Waals surface area contributed by atoms with Crippen molar-refractivity contribution in [2.24, 2.45) is 0 Å². The number of benzene rings is 3. The van der Waals surface area contributed by atoms with Crippen LogP contribution in [0.5, 0.6) is 0 Å². The molecule has 6 heteroatoms. The van der Waals surface area contributed by atoms with Gasteiger partial charge in [0.05, 0.1) is 17.3 Å². The Morgan fingerprint density at radius 1 is 0.821 bits per heavy atom. The van der Waals surface area contributed by atoms with Crippen molar-refractivity contribution >= 4 is 46.1 Å². The van der Waals surface area contributed by atoms with Gasteiger partial charge in [0, 0.05) is 26.5 Å². The number of rotatable bonds is 3. The highest BCUT2D eigenvalue weighted by Gasteiger charge is 2.33. The average Bonchev–Trinajstić information content (AvgIpc) is 3.22. The zero-order chi connectivity index (χ0) is 19.3. The number of aryl methyl sites for hydroxylation is 1. The maximum Gasteiger partial charge on any atom is 0.196 e. The summed E-state index contributed by atoms with van der Waals surface area (Å²) in [5.41, 5.74) is 4.11. The lowest BCUT2D eigenvalue weighted by Crippen LogP contribution is -2.21. The second-order valence-corrected chi connectivity index (χ2v) is 8.14. The Labute approximate surface area is 169 Å². The highest BCUT2D eigenvalue weighted by atomic mass is 32.2. The number of nitrogens with zero attached hydrogens (tertiary/aromatic N) is 2. The first-order valence-electron chi connectivity index (χ1n) is 8.92. The molecule has 28 heavy (non-hydrogen) atoms. The summed E-state index contributed by atoms with van der Waals surface area (Å²) in [6, 6.07) is 17.0. The minimum Gasteiger partial charge on any atom is -0.289 e. The SMILES string of the molecule is CCc1ccccc1Sc1cc2c(c3nsnc13)C(=O)c1ccccc1C2=O. The number of carbonyl (C=O) groups excluding carboxylic acids is 2. The number of aromatic nitrogens is 2. The van der Waals surface area contributed by atoms with Gasteiger partial charge in [-0.05, 0) is 24.1 Å². The maximum atomic E-state index is 13.1. The minimum atomic E-state index is -0.159. The molecular formula is C22H14N2O2S2. The molecule has 5 rings (SSSR count). The number of carbonyl (C=O) groups is 2. The van der Waals surface area contributed by atoms with Crippen LogP contribution < -0.4 is 0 Å². The maximum absolute atomic E-state index is 13.1. The molecule has 0 atom stereocenters. The molecule has 1 aliphatic carbocycles. The zero-order valence-electron chi connectivity index (χ0n) is 14.9. The molecule has 4 nitrogen and oxygen atoms in total. The van der Waals surface area contributed by atoms with Gasteiger partial charge in [-0.1, -0.05) is 61.2 Å². The summed E-state index contributed by atoms with van der Waals surface area (Å²) in [5.74, 6) is -0.292.